The Balaban J connectivity index is 2.38. The van der Waals surface area contributed by atoms with E-state index in [-0.39, 0.29) is 11.9 Å². The number of methoxy groups -OCH3 is 1. The number of likely N-dealkylation sites (N-methyl/N-ethyl adjacent to an activating group) is 1. The summed E-state index contributed by atoms with van der Waals surface area (Å²) in [6.07, 6.45) is 0.599. The van der Waals surface area contributed by atoms with Crippen molar-refractivity contribution in [2.24, 2.45) is 0 Å². The molecule has 0 aliphatic rings. The highest BCUT2D eigenvalue weighted by Crippen LogP contribution is 2.31. The first kappa shape index (κ1) is 15.8. The van der Waals surface area contributed by atoms with Gasteiger partial charge in [0.2, 0.25) is 0 Å². The molecule has 0 amide bonds. The summed E-state index contributed by atoms with van der Waals surface area (Å²) < 4.78 is 19.5. The summed E-state index contributed by atoms with van der Waals surface area (Å²) in [5, 5.41) is 3.57. The molecule has 0 aliphatic carbocycles. The second kappa shape index (κ2) is 6.92. The Bertz CT molecular complexity index is 610. The minimum atomic E-state index is -0.298. The van der Waals surface area contributed by atoms with Crippen LogP contribution in [0.15, 0.2) is 36.4 Å². The van der Waals surface area contributed by atoms with Gasteiger partial charge in [-0.1, -0.05) is 35.4 Å². The number of rotatable bonds is 5. The van der Waals surface area contributed by atoms with Gasteiger partial charge >= 0.3 is 0 Å². The third-order valence-electron chi connectivity index (χ3n) is 3.56. The van der Waals surface area contributed by atoms with Crippen molar-refractivity contribution in [1.82, 2.24) is 5.32 Å². The number of aryl methyl sites for hydroxylation is 1. The number of ether oxygens (including phenoxy) is 1. The van der Waals surface area contributed by atoms with E-state index in [9.17, 15) is 4.39 Å². The van der Waals surface area contributed by atoms with Crippen molar-refractivity contribution in [3.63, 3.8) is 0 Å². The fourth-order valence-electron chi connectivity index (χ4n) is 2.48. The van der Waals surface area contributed by atoms with Gasteiger partial charge in [0.25, 0.3) is 0 Å². The summed E-state index contributed by atoms with van der Waals surface area (Å²) >= 11 is 6.16. The van der Waals surface area contributed by atoms with Crippen LogP contribution in [-0.2, 0) is 6.42 Å². The Kier molecular flexibility index (Phi) is 5.21. The Morgan fingerprint density at radius 3 is 2.67 bits per heavy atom. The third-order valence-corrected chi connectivity index (χ3v) is 3.89. The molecule has 0 spiro atoms. The zero-order chi connectivity index (χ0) is 15.4. The van der Waals surface area contributed by atoms with Crippen molar-refractivity contribution in [2.75, 3.05) is 14.2 Å². The zero-order valence-corrected chi connectivity index (χ0v) is 13.2. The Labute approximate surface area is 129 Å². The molecule has 0 saturated heterocycles. The molecule has 0 aromatic heterocycles. The van der Waals surface area contributed by atoms with Crippen molar-refractivity contribution in [2.45, 2.75) is 19.4 Å². The van der Waals surface area contributed by atoms with Crippen LogP contribution in [0.2, 0.25) is 5.02 Å². The molecule has 2 nitrogen and oxygen atoms in total. The second-order valence-corrected chi connectivity index (χ2v) is 5.40. The molecule has 0 bridgehead atoms. The molecular formula is C17H19ClFNO. The molecule has 4 heteroatoms. The summed E-state index contributed by atoms with van der Waals surface area (Å²) in [6, 6.07) is 10.5. The van der Waals surface area contributed by atoms with Crippen LogP contribution in [0.4, 0.5) is 4.39 Å². The number of hydrogen-bond acceptors (Lipinski definition) is 2. The van der Waals surface area contributed by atoms with E-state index in [0.29, 0.717) is 17.0 Å². The zero-order valence-electron chi connectivity index (χ0n) is 12.4. The van der Waals surface area contributed by atoms with Crippen LogP contribution in [-0.4, -0.2) is 14.2 Å². The van der Waals surface area contributed by atoms with Gasteiger partial charge in [-0.3, -0.25) is 0 Å². The maximum atomic E-state index is 14.1. The molecule has 0 heterocycles. The third kappa shape index (κ3) is 3.55. The lowest BCUT2D eigenvalue weighted by Crippen LogP contribution is -2.21. The van der Waals surface area contributed by atoms with E-state index < -0.39 is 0 Å². The van der Waals surface area contributed by atoms with Gasteiger partial charge in [-0.15, -0.1) is 0 Å². The largest absolute Gasteiger partial charge is 0.496 e. The highest BCUT2D eigenvalue weighted by Gasteiger charge is 2.19. The minimum Gasteiger partial charge on any atom is -0.496 e. The van der Waals surface area contributed by atoms with Gasteiger partial charge in [0.05, 0.1) is 7.11 Å². The quantitative estimate of drug-likeness (QED) is 0.889. The van der Waals surface area contributed by atoms with Crippen molar-refractivity contribution in [3.8, 4) is 5.75 Å². The average molecular weight is 308 g/mol. The van der Waals surface area contributed by atoms with Crippen LogP contribution in [0.25, 0.3) is 0 Å². The molecule has 2 rings (SSSR count). The van der Waals surface area contributed by atoms with Gasteiger partial charge in [0.1, 0.15) is 11.6 Å². The molecule has 21 heavy (non-hydrogen) atoms. The highest BCUT2D eigenvalue weighted by atomic mass is 35.5. The normalized spacial score (nSPS) is 12.2. The van der Waals surface area contributed by atoms with Crippen LogP contribution in [0.3, 0.4) is 0 Å². The number of hydrogen-bond donors (Lipinski definition) is 1. The van der Waals surface area contributed by atoms with Gasteiger partial charge in [0.15, 0.2) is 0 Å². The van der Waals surface area contributed by atoms with E-state index >= 15 is 0 Å². The van der Waals surface area contributed by atoms with Gasteiger partial charge in [-0.05, 0) is 44.2 Å². The summed E-state index contributed by atoms with van der Waals surface area (Å²) in [7, 11) is 3.44. The average Bonchev–Trinajstić information content (AvgIpc) is 2.46. The first-order valence-corrected chi connectivity index (χ1v) is 7.19. The molecule has 0 aliphatic heterocycles. The standard InChI is InChI=1S/C17H19ClFNO/c1-11-7-8-16(21-3)12(9-11)10-15(20-2)17-13(18)5-4-6-14(17)19/h4-9,15,20H,10H2,1-3H3. The molecule has 2 aromatic carbocycles. The second-order valence-electron chi connectivity index (χ2n) is 5.00. The lowest BCUT2D eigenvalue weighted by molar-refractivity contribution is 0.405. The van der Waals surface area contributed by atoms with E-state index in [1.54, 1.807) is 26.3 Å². The fourth-order valence-corrected chi connectivity index (χ4v) is 2.77. The molecule has 1 atom stereocenters. The fraction of sp³-hybridized carbons (Fsp3) is 0.294. The van der Waals surface area contributed by atoms with Gasteiger partial charge in [-0.25, -0.2) is 4.39 Å². The SMILES string of the molecule is CNC(Cc1cc(C)ccc1OC)c1c(F)cccc1Cl. The van der Waals surface area contributed by atoms with Crippen molar-refractivity contribution < 1.29 is 9.13 Å². The topological polar surface area (TPSA) is 21.3 Å². The first-order chi connectivity index (χ1) is 10.1. The summed E-state index contributed by atoms with van der Waals surface area (Å²) in [6.45, 7) is 2.02. The van der Waals surface area contributed by atoms with E-state index in [0.717, 1.165) is 16.9 Å². The maximum absolute atomic E-state index is 14.1. The van der Waals surface area contributed by atoms with Gasteiger partial charge in [-0.2, -0.15) is 0 Å². The van der Waals surface area contributed by atoms with Crippen molar-refractivity contribution >= 4 is 11.6 Å². The minimum absolute atomic E-state index is 0.214. The predicted octanol–water partition coefficient (Wildman–Crippen LogP) is 4.30. The first-order valence-electron chi connectivity index (χ1n) is 6.81. The Morgan fingerprint density at radius 1 is 1.29 bits per heavy atom. The van der Waals surface area contributed by atoms with E-state index in [1.807, 2.05) is 19.1 Å². The van der Waals surface area contributed by atoms with Crippen LogP contribution < -0.4 is 10.1 Å². The molecule has 0 radical (unpaired) electrons. The highest BCUT2D eigenvalue weighted by molar-refractivity contribution is 6.31. The summed E-state index contributed by atoms with van der Waals surface area (Å²) in [4.78, 5) is 0. The Hall–Kier alpha value is -1.58. The van der Waals surface area contributed by atoms with Crippen LogP contribution >= 0.6 is 11.6 Å². The monoisotopic (exact) mass is 307 g/mol. The predicted molar refractivity (Wildman–Crippen MR) is 84.6 cm³/mol. The molecule has 2 aromatic rings. The van der Waals surface area contributed by atoms with E-state index in [1.165, 1.54) is 6.07 Å². The summed E-state index contributed by atoms with van der Waals surface area (Å²) in [5.74, 6) is 0.502. The smallest absolute Gasteiger partial charge is 0.129 e. The molecular weight excluding hydrogens is 289 g/mol. The molecule has 1 N–H and O–H groups in total. The van der Waals surface area contributed by atoms with Crippen LogP contribution in [0, 0.1) is 12.7 Å². The van der Waals surface area contributed by atoms with Crippen LogP contribution in [0.5, 0.6) is 5.75 Å². The lowest BCUT2D eigenvalue weighted by Gasteiger charge is -2.20. The van der Waals surface area contributed by atoms with E-state index in [2.05, 4.69) is 11.4 Å². The van der Waals surface area contributed by atoms with Crippen molar-refractivity contribution in [3.05, 3.63) is 63.9 Å². The van der Waals surface area contributed by atoms with Crippen molar-refractivity contribution in [1.29, 1.82) is 0 Å². The van der Waals surface area contributed by atoms with Crippen LogP contribution in [0.1, 0.15) is 22.7 Å². The Morgan fingerprint density at radius 2 is 2.05 bits per heavy atom. The molecule has 112 valence electrons. The number of nitrogens with one attached hydrogen (secondary N) is 1. The van der Waals surface area contributed by atoms with E-state index in [4.69, 9.17) is 16.3 Å². The number of benzene rings is 2. The maximum Gasteiger partial charge on any atom is 0.129 e. The summed E-state index contributed by atoms with van der Waals surface area (Å²) in [5.41, 5.74) is 2.65. The molecule has 1 unspecified atom stereocenters. The lowest BCUT2D eigenvalue weighted by atomic mass is 9.96. The van der Waals surface area contributed by atoms with Gasteiger partial charge < -0.3 is 10.1 Å². The molecule has 0 saturated carbocycles. The molecule has 0 fully saturated rings. The number of halogens is 2. The van der Waals surface area contributed by atoms with Gasteiger partial charge in [0, 0.05) is 16.6 Å².